The number of amides is 2. The van der Waals surface area contributed by atoms with Gasteiger partial charge in [0.15, 0.2) is 0 Å². The van der Waals surface area contributed by atoms with Crippen molar-refractivity contribution in [3.63, 3.8) is 0 Å². The monoisotopic (exact) mass is 530 g/mol. The molecule has 184 valence electrons. The summed E-state index contributed by atoms with van der Waals surface area (Å²) in [5.74, 6) is -0.378. The van der Waals surface area contributed by atoms with Crippen LogP contribution in [0, 0.1) is 0 Å². The van der Waals surface area contributed by atoms with Crippen molar-refractivity contribution >= 4 is 46.6 Å². The van der Waals surface area contributed by atoms with E-state index in [0.717, 1.165) is 23.1 Å². The molecule has 0 saturated heterocycles. The van der Waals surface area contributed by atoms with Crippen molar-refractivity contribution in [2.45, 2.75) is 51.7 Å². The van der Waals surface area contributed by atoms with Gasteiger partial charge in [0.25, 0.3) is 0 Å². The molecule has 0 fully saturated rings. The Morgan fingerprint density at radius 1 is 0.857 bits per heavy atom. The average Bonchev–Trinajstić information content (AvgIpc) is 2.84. The summed E-state index contributed by atoms with van der Waals surface area (Å²) < 4.78 is 0. The van der Waals surface area contributed by atoms with Crippen LogP contribution in [0.25, 0.3) is 0 Å². The summed E-state index contributed by atoms with van der Waals surface area (Å²) in [7, 11) is 0. The molecule has 0 aliphatic heterocycles. The molecule has 0 saturated carbocycles. The molecule has 1 N–H and O–H groups in total. The Morgan fingerprint density at radius 3 is 2.23 bits per heavy atom. The molecule has 3 aromatic carbocycles. The molecule has 2 atom stereocenters. The van der Waals surface area contributed by atoms with Crippen molar-refractivity contribution in [2.24, 2.45) is 0 Å². The predicted molar refractivity (Wildman–Crippen MR) is 144 cm³/mol. The zero-order valence-electron chi connectivity index (χ0n) is 19.8. The molecule has 0 heterocycles. The second-order valence-corrected chi connectivity index (χ2v) is 9.85. The minimum atomic E-state index is -0.708. The molecule has 0 bridgehead atoms. The van der Waals surface area contributed by atoms with Crippen LogP contribution in [-0.4, -0.2) is 28.8 Å². The van der Waals surface area contributed by atoms with Crippen LogP contribution in [0.5, 0.6) is 0 Å². The fourth-order valence-corrected chi connectivity index (χ4v) is 4.29. The van der Waals surface area contributed by atoms with E-state index in [1.807, 2.05) is 62.4 Å². The quantitative estimate of drug-likeness (QED) is 0.315. The van der Waals surface area contributed by atoms with Crippen LogP contribution in [0.2, 0.25) is 15.1 Å². The Bertz CT molecular complexity index is 1150. The van der Waals surface area contributed by atoms with Crippen molar-refractivity contribution in [3.05, 3.63) is 105 Å². The fourth-order valence-electron chi connectivity index (χ4n) is 3.75. The smallest absolute Gasteiger partial charge is 0.243 e. The molecule has 0 aromatic heterocycles. The highest BCUT2D eigenvalue weighted by molar-refractivity contribution is 6.42. The van der Waals surface area contributed by atoms with E-state index < -0.39 is 6.04 Å². The van der Waals surface area contributed by atoms with Gasteiger partial charge in [0.05, 0.1) is 16.5 Å². The topological polar surface area (TPSA) is 49.4 Å². The summed E-state index contributed by atoms with van der Waals surface area (Å²) in [6, 6.07) is 21.4. The molecule has 0 radical (unpaired) electrons. The highest BCUT2D eigenvalue weighted by atomic mass is 35.5. The number of hydrogen-bond acceptors (Lipinski definition) is 2. The summed E-state index contributed by atoms with van der Waals surface area (Å²) in [6.45, 7) is 4.21. The molecule has 4 nitrogen and oxygen atoms in total. The summed E-state index contributed by atoms with van der Waals surface area (Å²) in [5, 5.41) is 4.45. The van der Waals surface area contributed by atoms with Crippen molar-refractivity contribution in [2.75, 3.05) is 0 Å². The summed E-state index contributed by atoms with van der Waals surface area (Å²) in [4.78, 5) is 28.9. The Kier molecular flexibility index (Phi) is 10.0. The maximum absolute atomic E-state index is 13.7. The van der Waals surface area contributed by atoms with Gasteiger partial charge in [0, 0.05) is 24.0 Å². The molecule has 0 aliphatic rings. The van der Waals surface area contributed by atoms with Crippen LogP contribution >= 0.6 is 34.8 Å². The number of nitrogens with one attached hydrogen (secondary N) is 1. The first kappa shape index (κ1) is 27.1. The number of benzene rings is 3. The van der Waals surface area contributed by atoms with Crippen LogP contribution in [-0.2, 0) is 29.0 Å². The average molecular weight is 532 g/mol. The SMILES string of the molecule is CC[C@@H](C)NC(=O)[C@H](Cc1ccccc1)N(Cc1cccc(Cl)c1)C(=O)Cc1ccc(Cl)c(Cl)c1. The van der Waals surface area contributed by atoms with E-state index in [1.165, 1.54) is 0 Å². The number of nitrogens with zero attached hydrogens (tertiary/aromatic N) is 1. The van der Waals surface area contributed by atoms with Gasteiger partial charge in [-0.3, -0.25) is 9.59 Å². The van der Waals surface area contributed by atoms with Crippen molar-refractivity contribution < 1.29 is 9.59 Å². The standard InChI is InChI=1S/C28H29Cl3N2O2/c1-3-19(2)32-28(35)26(16-20-8-5-4-6-9-20)33(18-22-10-7-11-23(29)14-22)27(34)17-21-12-13-24(30)25(31)15-21/h4-15,19,26H,3,16-18H2,1-2H3,(H,32,35)/t19-,26+/m1/s1. The summed E-state index contributed by atoms with van der Waals surface area (Å²) in [5.41, 5.74) is 2.53. The van der Waals surface area contributed by atoms with Gasteiger partial charge in [-0.25, -0.2) is 0 Å². The van der Waals surface area contributed by atoms with Crippen LogP contribution in [0.4, 0.5) is 0 Å². The minimum absolute atomic E-state index is 0.0148. The lowest BCUT2D eigenvalue weighted by molar-refractivity contribution is -0.141. The van der Waals surface area contributed by atoms with Gasteiger partial charge in [-0.1, -0.05) is 90.3 Å². The molecule has 0 unspecified atom stereocenters. The Hall–Kier alpha value is -2.53. The van der Waals surface area contributed by atoms with Gasteiger partial charge in [0.1, 0.15) is 6.04 Å². The van der Waals surface area contributed by atoms with E-state index in [9.17, 15) is 9.59 Å². The molecule has 7 heteroatoms. The Balaban J connectivity index is 1.98. The number of rotatable bonds is 10. The van der Waals surface area contributed by atoms with Crippen LogP contribution in [0.1, 0.15) is 37.0 Å². The molecule has 3 rings (SSSR count). The predicted octanol–water partition coefficient (Wildman–Crippen LogP) is 6.74. The van der Waals surface area contributed by atoms with Gasteiger partial charge < -0.3 is 10.2 Å². The molecule has 2 amide bonds. The second-order valence-electron chi connectivity index (χ2n) is 8.60. The van der Waals surface area contributed by atoms with Crippen LogP contribution in [0.15, 0.2) is 72.8 Å². The van der Waals surface area contributed by atoms with Crippen LogP contribution < -0.4 is 5.32 Å². The Morgan fingerprint density at radius 2 is 1.57 bits per heavy atom. The van der Waals surface area contributed by atoms with Gasteiger partial charge in [-0.05, 0) is 54.3 Å². The van der Waals surface area contributed by atoms with Crippen LogP contribution in [0.3, 0.4) is 0 Å². The van der Waals surface area contributed by atoms with E-state index in [4.69, 9.17) is 34.8 Å². The highest BCUT2D eigenvalue weighted by Crippen LogP contribution is 2.24. The van der Waals surface area contributed by atoms with E-state index in [-0.39, 0.29) is 30.8 Å². The molecule has 35 heavy (non-hydrogen) atoms. The lowest BCUT2D eigenvalue weighted by Gasteiger charge is -2.32. The van der Waals surface area contributed by atoms with E-state index in [0.29, 0.717) is 21.5 Å². The number of hydrogen-bond donors (Lipinski definition) is 1. The third kappa shape index (κ3) is 7.99. The maximum Gasteiger partial charge on any atom is 0.243 e. The molecular weight excluding hydrogens is 503 g/mol. The molecular formula is C28H29Cl3N2O2. The highest BCUT2D eigenvalue weighted by Gasteiger charge is 2.31. The normalized spacial score (nSPS) is 12.6. The van der Waals surface area contributed by atoms with Gasteiger partial charge in [0.2, 0.25) is 11.8 Å². The maximum atomic E-state index is 13.7. The largest absolute Gasteiger partial charge is 0.352 e. The second kappa shape index (κ2) is 13.0. The van der Waals surface area contributed by atoms with Crippen molar-refractivity contribution in [1.82, 2.24) is 10.2 Å². The zero-order valence-corrected chi connectivity index (χ0v) is 22.1. The van der Waals surface area contributed by atoms with Crippen molar-refractivity contribution in [3.8, 4) is 0 Å². The third-order valence-corrected chi connectivity index (χ3v) is 6.83. The number of carbonyl (C=O) groups excluding carboxylic acids is 2. The van der Waals surface area contributed by atoms with Gasteiger partial charge in [-0.15, -0.1) is 0 Å². The summed E-state index contributed by atoms with van der Waals surface area (Å²) in [6.07, 6.45) is 1.26. The van der Waals surface area contributed by atoms with E-state index in [2.05, 4.69) is 5.32 Å². The molecule has 0 aliphatic carbocycles. The zero-order chi connectivity index (χ0) is 25.4. The number of halogens is 3. The lowest BCUT2D eigenvalue weighted by atomic mass is 10.0. The van der Waals surface area contributed by atoms with Gasteiger partial charge in [-0.2, -0.15) is 0 Å². The first-order valence-corrected chi connectivity index (χ1v) is 12.7. The van der Waals surface area contributed by atoms with Crippen molar-refractivity contribution in [1.29, 1.82) is 0 Å². The number of carbonyl (C=O) groups is 2. The van der Waals surface area contributed by atoms with Gasteiger partial charge >= 0.3 is 0 Å². The lowest BCUT2D eigenvalue weighted by Crippen LogP contribution is -2.52. The molecule has 3 aromatic rings. The first-order valence-electron chi connectivity index (χ1n) is 11.6. The van der Waals surface area contributed by atoms with E-state index >= 15 is 0 Å². The molecule has 0 spiro atoms. The Labute approximate surface area is 222 Å². The minimum Gasteiger partial charge on any atom is -0.352 e. The fraction of sp³-hybridized carbons (Fsp3) is 0.286. The summed E-state index contributed by atoms with van der Waals surface area (Å²) >= 11 is 18.5. The first-order chi connectivity index (χ1) is 16.8. The van der Waals surface area contributed by atoms with E-state index in [1.54, 1.807) is 29.2 Å². The third-order valence-electron chi connectivity index (χ3n) is 5.85.